The van der Waals surface area contributed by atoms with E-state index in [9.17, 15) is 18.0 Å². The first-order chi connectivity index (χ1) is 20.5. The topological polar surface area (TPSA) is 134 Å². The van der Waals surface area contributed by atoms with E-state index in [2.05, 4.69) is 15.2 Å². The number of nitrogens with zero attached hydrogens (tertiary/aromatic N) is 2. The number of halogens is 2. The van der Waals surface area contributed by atoms with Crippen LogP contribution in [0.3, 0.4) is 0 Å². The summed E-state index contributed by atoms with van der Waals surface area (Å²) in [4.78, 5) is 34.7. The molecule has 2 amide bonds. The summed E-state index contributed by atoms with van der Waals surface area (Å²) in [5.74, 6) is -0.704. The molecule has 0 aliphatic carbocycles. The number of hydrogen-bond acceptors (Lipinski definition) is 5. The number of aromatic nitrogens is 1. The molecular formula is C32H36Cl2N4O5S. The van der Waals surface area contributed by atoms with Gasteiger partial charge < -0.3 is 25.6 Å². The molecule has 3 aromatic rings. The third kappa shape index (κ3) is 6.06. The number of anilines is 1. The van der Waals surface area contributed by atoms with E-state index in [1.807, 2.05) is 18.7 Å². The van der Waals surface area contributed by atoms with E-state index in [1.165, 1.54) is 25.0 Å². The van der Waals surface area contributed by atoms with E-state index in [-0.39, 0.29) is 44.0 Å². The van der Waals surface area contributed by atoms with Gasteiger partial charge in [0, 0.05) is 57.4 Å². The van der Waals surface area contributed by atoms with Gasteiger partial charge in [-0.3, -0.25) is 9.59 Å². The molecule has 3 aliphatic heterocycles. The van der Waals surface area contributed by atoms with Gasteiger partial charge in [0.25, 0.3) is 11.8 Å². The van der Waals surface area contributed by atoms with Crippen LogP contribution in [0.2, 0.25) is 10.0 Å². The van der Waals surface area contributed by atoms with Crippen molar-refractivity contribution in [3.63, 3.8) is 0 Å². The SMILES string of the molecule is Cc1[nH]c(C=C2C(=O)Nc3ccc(S(=O)(=O)Cc4c(Cl)cccc4Cl)cc32)c(C)c1C(=O)N1CCCC1CN1CCCC1.O. The fourth-order valence-corrected chi connectivity index (χ4v) is 8.65. The Hall–Kier alpha value is -3.15. The van der Waals surface area contributed by atoms with Crippen molar-refractivity contribution in [1.29, 1.82) is 0 Å². The number of nitrogens with one attached hydrogen (secondary N) is 2. The Balaban J connectivity index is 0.00000384. The number of likely N-dealkylation sites (tertiary alicyclic amines) is 2. The van der Waals surface area contributed by atoms with Gasteiger partial charge in [0.2, 0.25) is 0 Å². The van der Waals surface area contributed by atoms with Crippen molar-refractivity contribution in [3.05, 3.63) is 80.1 Å². The molecule has 234 valence electrons. The first-order valence-corrected chi connectivity index (χ1v) is 17.0. The average Bonchev–Trinajstić information content (AvgIpc) is 3.75. The molecule has 2 fully saturated rings. The zero-order valence-electron chi connectivity index (χ0n) is 24.7. The van der Waals surface area contributed by atoms with Gasteiger partial charge in [0.15, 0.2) is 9.84 Å². The minimum atomic E-state index is -3.84. The molecule has 0 saturated carbocycles. The van der Waals surface area contributed by atoms with E-state index in [4.69, 9.17) is 23.2 Å². The number of amides is 2. The summed E-state index contributed by atoms with van der Waals surface area (Å²) in [5, 5.41) is 3.37. The molecule has 2 aromatic carbocycles. The minimum absolute atomic E-state index is 0. The van der Waals surface area contributed by atoms with Crippen LogP contribution < -0.4 is 5.32 Å². The van der Waals surface area contributed by atoms with Crippen molar-refractivity contribution in [2.75, 3.05) is 31.5 Å². The Morgan fingerprint density at radius 3 is 2.45 bits per heavy atom. The molecule has 0 radical (unpaired) electrons. The van der Waals surface area contributed by atoms with Crippen LogP contribution in [0.1, 0.15) is 64.1 Å². The largest absolute Gasteiger partial charge is 0.412 e. The molecule has 1 atom stereocenters. The van der Waals surface area contributed by atoms with Crippen LogP contribution in [-0.2, 0) is 20.4 Å². The minimum Gasteiger partial charge on any atom is -0.412 e. The van der Waals surface area contributed by atoms with Crippen LogP contribution in [0.5, 0.6) is 0 Å². The second kappa shape index (κ2) is 12.7. The fourth-order valence-electron chi connectivity index (χ4n) is 6.53. The summed E-state index contributed by atoms with van der Waals surface area (Å²) in [6.45, 7) is 7.61. The maximum Gasteiger partial charge on any atom is 0.256 e. The zero-order valence-corrected chi connectivity index (χ0v) is 27.0. The highest BCUT2D eigenvalue weighted by atomic mass is 35.5. The van der Waals surface area contributed by atoms with Gasteiger partial charge in [-0.05, 0) is 94.6 Å². The third-order valence-electron chi connectivity index (χ3n) is 8.81. The van der Waals surface area contributed by atoms with Gasteiger partial charge >= 0.3 is 0 Å². The lowest BCUT2D eigenvalue weighted by atomic mass is 10.0. The molecule has 0 spiro atoms. The molecule has 4 heterocycles. The van der Waals surface area contributed by atoms with Crippen molar-refractivity contribution in [2.24, 2.45) is 0 Å². The number of sulfone groups is 1. The second-order valence-corrected chi connectivity index (χ2v) is 14.4. The smallest absolute Gasteiger partial charge is 0.256 e. The molecule has 44 heavy (non-hydrogen) atoms. The monoisotopic (exact) mass is 658 g/mol. The van der Waals surface area contributed by atoms with Crippen LogP contribution >= 0.6 is 23.2 Å². The standard InChI is InChI=1S/C32H34Cl2N4O4S.H2O/c1-19-29(35-20(2)30(19)32(40)38-14-6-7-21(38)17-37-12-3-4-13-37)16-24-23-15-22(10-11-28(23)36-31(24)39)43(41,42)18-25-26(33)8-5-9-27(25)34;/h5,8-11,15-16,21,35H,3-4,6-7,12-14,17-18H2,1-2H3,(H,36,39);1H2. The van der Waals surface area contributed by atoms with Crippen molar-refractivity contribution >= 4 is 62.2 Å². The summed E-state index contributed by atoms with van der Waals surface area (Å²) < 4.78 is 26.8. The van der Waals surface area contributed by atoms with E-state index in [1.54, 1.807) is 30.3 Å². The first kappa shape index (κ1) is 32.2. The number of rotatable bonds is 7. The van der Waals surface area contributed by atoms with Gasteiger partial charge in [-0.1, -0.05) is 29.3 Å². The number of carbonyl (C=O) groups excluding carboxylic acids is 2. The molecule has 6 rings (SSSR count). The number of aromatic amines is 1. The van der Waals surface area contributed by atoms with E-state index >= 15 is 0 Å². The number of hydrogen-bond donors (Lipinski definition) is 2. The van der Waals surface area contributed by atoms with Crippen molar-refractivity contribution in [2.45, 2.75) is 56.2 Å². The van der Waals surface area contributed by atoms with Gasteiger partial charge in [0.05, 0.1) is 21.8 Å². The molecule has 0 bridgehead atoms. The maximum atomic E-state index is 13.8. The van der Waals surface area contributed by atoms with Crippen LogP contribution in [0, 0.1) is 13.8 Å². The molecule has 9 nitrogen and oxygen atoms in total. The molecule has 3 aliphatic rings. The number of aryl methyl sites for hydroxylation is 1. The van der Waals surface area contributed by atoms with Gasteiger partial charge in [0.1, 0.15) is 0 Å². The molecule has 2 saturated heterocycles. The highest BCUT2D eigenvalue weighted by molar-refractivity contribution is 7.90. The van der Waals surface area contributed by atoms with E-state index in [0.717, 1.165) is 50.3 Å². The molecule has 12 heteroatoms. The summed E-state index contributed by atoms with van der Waals surface area (Å²) in [6.07, 6.45) is 6.14. The first-order valence-electron chi connectivity index (χ1n) is 14.6. The Bertz CT molecular complexity index is 1740. The predicted molar refractivity (Wildman–Crippen MR) is 174 cm³/mol. The van der Waals surface area contributed by atoms with Crippen molar-refractivity contribution in [3.8, 4) is 0 Å². The number of fused-ring (bicyclic) bond motifs is 1. The lowest BCUT2D eigenvalue weighted by Gasteiger charge is -2.28. The highest BCUT2D eigenvalue weighted by Crippen LogP contribution is 2.37. The Morgan fingerprint density at radius 2 is 1.75 bits per heavy atom. The number of carbonyl (C=O) groups is 2. The summed E-state index contributed by atoms with van der Waals surface area (Å²) in [6, 6.07) is 9.62. The predicted octanol–water partition coefficient (Wildman–Crippen LogP) is 5.28. The zero-order chi connectivity index (χ0) is 30.5. The van der Waals surface area contributed by atoms with Gasteiger partial charge in [-0.2, -0.15) is 0 Å². The summed E-state index contributed by atoms with van der Waals surface area (Å²) in [5.41, 5.74) is 4.42. The van der Waals surface area contributed by atoms with E-state index < -0.39 is 9.84 Å². The Kier molecular flexibility index (Phi) is 9.30. The second-order valence-electron chi connectivity index (χ2n) is 11.6. The van der Waals surface area contributed by atoms with E-state index in [0.29, 0.717) is 33.6 Å². The van der Waals surface area contributed by atoms with Gasteiger partial charge in [-0.15, -0.1) is 0 Å². The van der Waals surface area contributed by atoms with Crippen LogP contribution in [0.4, 0.5) is 5.69 Å². The number of H-pyrrole nitrogens is 1. The van der Waals surface area contributed by atoms with Crippen LogP contribution in [-0.4, -0.2) is 72.7 Å². The lowest BCUT2D eigenvalue weighted by molar-refractivity contribution is -0.110. The van der Waals surface area contributed by atoms with Crippen LogP contribution in [0.25, 0.3) is 11.6 Å². The quantitative estimate of drug-likeness (QED) is 0.333. The lowest BCUT2D eigenvalue weighted by Crippen LogP contribution is -2.42. The van der Waals surface area contributed by atoms with Crippen LogP contribution in [0.15, 0.2) is 41.3 Å². The summed E-state index contributed by atoms with van der Waals surface area (Å²) in [7, 11) is -3.84. The average molecular weight is 660 g/mol. The molecule has 4 N–H and O–H groups in total. The highest BCUT2D eigenvalue weighted by Gasteiger charge is 2.34. The van der Waals surface area contributed by atoms with Crippen molar-refractivity contribution < 1.29 is 23.5 Å². The third-order valence-corrected chi connectivity index (χ3v) is 11.2. The maximum absolute atomic E-state index is 13.8. The normalized spacial score (nSPS) is 19.4. The molecule has 1 aromatic heterocycles. The Morgan fingerprint density at radius 1 is 1.05 bits per heavy atom. The molecule has 1 unspecified atom stereocenters. The van der Waals surface area contributed by atoms with Crippen molar-refractivity contribution in [1.82, 2.24) is 14.8 Å². The molecular weight excluding hydrogens is 623 g/mol. The van der Waals surface area contributed by atoms with Gasteiger partial charge in [-0.25, -0.2) is 8.42 Å². The summed E-state index contributed by atoms with van der Waals surface area (Å²) >= 11 is 12.5. The Labute approximate surface area is 267 Å². The number of benzene rings is 2. The fraction of sp³-hybridized carbons (Fsp3) is 0.375.